The van der Waals surface area contributed by atoms with Crippen LogP contribution in [0.1, 0.15) is 12.8 Å². The van der Waals surface area contributed by atoms with Crippen molar-refractivity contribution in [1.29, 1.82) is 0 Å². The molecule has 0 atom stereocenters. The molecule has 1 saturated heterocycles. The minimum Gasteiger partial charge on any atom is -0.473 e. The first-order chi connectivity index (χ1) is 7.92. The monoisotopic (exact) mass is 220 g/mol. The first-order valence-electron chi connectivity index (χ1n) is 5.34. The average molecular weight is 220 g/mol. The maximum Gasteiger partial charge on any atom is 0.233 e. The van der Waals surface area contributed by atoms with Crippen LogP contribution in [0.5, 0.6) is 5.88 Å². The topological polar surface area (TPSA) is 77.2 Å². The predicted molar refractivity (Wildman–Crippen MR) is 55.1 cm³/mol. The Balaban J connectivity index is 1.77. The summed E-state index contributed by atoms with van der Waals surface area (Å²) in [5.74, 6) is 0.576. The lowest BCUT2D eigenvalue weighted by atomic mass is 10.1. The number of ether oxygens (including phenoxy) is 1. The lowest BCUT2D eigenvalue weighted by Crippen LogP contribution is -2.34. The van der Waals surface area contributed by atoms with Crippen LogP contribution in [0.15, 0.2) is 12.1 Å². The Morgan fingerprint density at radius 1 is 1.31 bits per heavy atom. The van der Waals surface area contributed by atoms with E-state index in [0.29, 0.717) is 11.5 Å². The molecule has 16 heavy (non-hydrogen) atoms. The maximum atomic E-state index is 5.77. The van der Waals surface area contributed by atoms with E-state index in [-0.39, 0.29) is 6.10 Å². The normalized spacial score (nSPS) is 17.8. The summed E-state index contributed by atoms with van der Waals surface area (Å²) >= 11 is 0. The third kappa shape index (κ3) is 1.81. The van der Waals surface area contributed by atoms with E-state index >= 15 is 0 Å². The summed E-state index contributed by atoms with van der Waals surface area (Å²) in [6, 6.07) is 3.59. The molecule has 0 bridgehead atoms. The van der Waals surface area contributed by atoms with Gasteiger partial charge in [-0.2, -0.15) is 0 Å². The summed E-state index contributed by atoms with van der Waals surface area (Å²) in [6.07, 6.45) is 2.26. The molecule has 1 fully saturated rings. The van der Waals surface area contributed by atoms with Gasteiger partial charge in [-0.1, -0.05) is 0 Å². The Kier molecular flexibility index (Phi) is 2.37. The van der Waals surface area contributed by atoms with E-state index in [1.807, 2.05) is 0 Å². The van der Waals surface area contributed by atoms with Gasteiger partial charge in [-0.05, 0) is 42.4 Å². The number of nitrogens with one attached hydrogen (secondary N) is 1. The third-order valence-corrected chi connectivity index (χ3v) is 2.62. The van der Waals surface area contributed by atoms with Crippen LogP contribution in [0.3, 0.4) is 0 Å². The van der Waals surface area contributed by atoms with Crippen molar-refractivity contribution in [2.75, 3.05) is 13.1 Å². The molecule has 1 aliphatic heterocycles. The molecular formula is C9H12N6O. The van der Waals surface area contributed by atoms with E-state index < -0.39 is 0 Å². The second kappa shape index (κ2) is 4.01. The van der Waals surface area contributed by atoms with Crippen LogP contribution in [-0.4, -0.2) is 44.4 Å². The molecule has 2 aromatic rings. The highest BCUT2D eigenvalue weighted by Crippen LogP contribution is 2.13. The van der Waals surface area contributed by atoms with Crippen molar-refractivity contribution in [3.8, 4) is 5.88 Å². The second-order valence-electron chi connectivity index (χ2n) is 3.77. The van der Waals surface area contributed by atoms with Crippen LogP contribution in [0, 0.1) is 0 Å². The zero-order valence-electron chi connectivity index (χ0n) is 8.70. The molecule has 2 aromatic heterocycles. The quantitative estimate of drug-likeness (QED) is 0.745. The van der Waals surface area contributed by atoms with Gasteiger partial charge in [0, 0.05) is 6.07 Å². The number of tetrazole rings is 1. The van der Waals surface area contributed by atoms with Crippen LogP contribution in [0.25, 0.3) is 5.65 Å². The number of aromatic nitrogens is 5. The smallest absolute Gasteiger partial charge is 0.233 e. The average Bonchev–Trinajstić information content (AvgIpc) is 2.77. The Morgan fingerprint density at radius 2 is 2.19 bits per heavy atom. The Bertz CT molecular complexity index is 478. The molecule has 3 heterocycles. The number of fused-ring (bicyclic) bond motifs is 1. The van der Waals surface area contributed by atoms with Crippen LogP contribution < -0.4 is 10.1 Å². The Morgan fingerprint density at radius 3 is 3.06 bits per heavy atom. The second-order valence-corrected chi connectivity index (χ2v) is 3.77. The fourth-order valence-corrected chi connectivity index (χ4v) is 1.78. The fraction of sp³-hybridized carbons (Fsp3) is 0.556. The van der Waals surface area contributed by atoms with Crippen molar-refractivity contribution < 1.29 is 4.74 Å². The molecule has 7 heteroatoms. The molecule has 0 aliphatic carbocycles. The Labute approximate surface area is 91.8 Å². The lowest BCUT2D eigenvalue weighted by molar-refractivity contribution is 0.153. The number of hydrogen-bond donors (Lipinski definition) is 1. The number of rotatable bonds is 2. The molecular weight excluding hydrogens is 208 g/mol. The minimum atomic E-state index is 0.239. The van der Waals surface area contributed by atoms with Gasteiger partial charge < -0.3 is 10.1 Å². The summed E-state index contributed by atoms with van der Waals surface area (Å²) in [5.41, 5.74) is 0.623. The largest absolute Gasteiger partial charge is 0.473 e. The van der Waals surface area contributed by atoms with Crippen molar-refractivity contribution in [2.45, 2.75) is 18.9 Å². The minimum absolute atomic E-state index is 0.239. The van der Waals surface area contributed by atoms with Crippen LogP contribution in [0.4, 0.5) is 0 Å². The first-order valence-corrected chi connectivity index (χ1v) is 5.34. The van der Waals surface area contributed by atoms with Crippen molar-refractivity contribution >= 4 is 5.65 Å². The molecule has 0 radical (unpaired) electrons. The number of piperidine rings is 1. The van der Waals surface area contributed by atoms with Gasteiger partial charge in [-0.25, -0.2) is 0 Å². The van der Waals surface area contributed by atoms with Gasteiger partial charge >= 0.3 is 0 Å². The van der Waals surface area contributed by atoms with Crippen LogP contribution >= 0.6 is 0 Å². The van der Waals surface area contributed by atoms with Gasteiger partial charge in [-0.15, -0.1) is 14.8 Å². The molecule has 7 nitrogen and oxygen atoms in total. The van der Waals surface area contributed by atoms with Gasteiger partial charge in [0.05, 0.1) is 0 Å². The molecule has 1 N–H and O–H groups in total. The number of nitrogens with zero attached hydrogens (tertiary/aromatic N) is 5. The SMILES string of the molecule is c1cc2nnnn2nc1OC1CCNCC1. The molecule has 0 amide bonds. The molecule has 0 aromatic carbocycles. The molecule has 0 unspecified atom stereocenters. The molecule has 3 rings (SSSR count). The highest BCUT2D eigenvalue weighted by Gasteiger charge is 2.15. The van der Waals surface area contributed by atoms with E-state index in [1.165, 1.54) is 4.63 Å². The van der Waals surface area contributed by atoms with Crippen molar-refractivity contribution in [2.24, 2.45) is 0 Å². The van der Waals surface area contributed by atoms with Crippen molar-refractivity contribution in [3.63, 3.8) is 0 Å². The van der Waals surface area contributed by atoms with Crippen LogP contribution in [0.2, 0.25) is 0 Å². The van der Waals surface area contributed by atoms with Gasteiger partial charge in [0.1, 0.15) is 6.10 Å². The predicted octanol–water partition coefficient (Wildman–Crippen LogP) is -0.350. The van der Waals surface area contributed by atoms with E-state index in [4.69, 9.17) is 4.74 Å². The van der Waals surface area contributed by atoms with Crippen molar-refractivity contribution in [1.82, 2.24) is 30.6 Å². The highest BCUT2D eigenvalue weighted by molar-refractivity contribution is 5.34. The van der Waals surface area contributed by atoms with Gasteiger partial charge in [0.15, 0.2) is 5.65 Å². The van der Waals surface area contributed by atoms with Crippen molar-refractivity contribution in [3.05, 3.63) is 12.1 Å². The lowest BCUT2D eigenvalue weighted by Gasteiger charge is -2.22. The molecule has 84 valence electrons. The molecule has 1 aliphatic rings. The van der Waals surface area contributed by atoms with Gasteiger partial charge in [-0.3, -0.25) is 0 Å². The summed E-state index contributed by atoms with van der Waals surface area (Å²) < 4.78 is 7.14. The van der Waals surface area contributed by atoms with E-state index in [2.05, 4.69) is 25.9 Å². The number of hydrogen-bond acceptors (Lipinski definition) is 6. The van der Waals surface area contributed by atoms with Gasteiger partial charge in [0.25, 0.3) is 0 Å². The third-order valence-electron chi connectivity index (χ3n) is 2.62. The fourth-order valence-electron chi connectivity index (χ4n) is 1.78. The van der Waals surface area contributed by atoms with E-state index in [9.17, 15) is 0 Å². The summed E-state index contributed by atoms with van der Waals surface area (Å²) in [4.78, 5) is 0. The molecule has 0 saturated carbocycles. The van der Waals surface area contributed by atoms with Gasteiger partial charge in [0.2, 0.25) is 5.88 Å². The van der Waals surface area contributed by atoms with E-state index in [0.717, 1.165) is 25.9 Å². The summed E-state index contributed by atoms with van der Waals surface area (Å²) in [7, 11) is 0. The Hall–Kier alpha value is -1.76. The zero-order valence-corrected chi connectivity index (χ0v) is 8.70. The molecule has 0 spiro atoms. The van der Waals surface area contributed by atoms with Crippen LogP contribution in [-0.2, 0) is 0 Å². The van der Waals surface area contributed by atoms with E-state index in [1.54, 1.807) is 12.1 Å². The standard InChI is InChI=1S/C9H12N6O/c1-2-9(12-15-8(1)11-13-14-15)16-7-3-5-10-6-4-7/h1-2,7,10H,3-6H2. The first kappa shape index (κ1) is 9.46. The highest BCUT2D eigenvalue weighted by atomic mass is 16.5. The zero-order chi connectivity index (χ0) is 10.8. The summed E-state index contributed by atoms with van der Waals surface area (Å²) in [5, 5.41) is 18.5. The summed E-state index contributed by atoms with van der Waals surface area (Å²) in [6.45, 7) is 2.00. The maximum absolute atomic E-state index is 5.77.